The summed E-state index contributed by atoms with van der Waals surface area (Å²) in [7, 11) is 0. The van der Waals surface area contributed by atoms with E-state index in [0.29, 0.717) is 16.5 Å². The maximum Gasteiger partial charge on any atom is 0.256 e. The van der Waals surface area contributed by atoms with Crippen LogP contribution < -0.4 is 5.56 Å². The van der Waals surface area contributed by atoms with Crippen LogP contribution in [0.25, 0.3) is 10.8 Å². The first-order valence-electron chi connectivity index (χ1n) is 4.38. The second kappa shape index (κ2) is 2.94. The second-order valence-electron chi connectivity index (χ2n) is 3.43. The summed E-state index contributed by atoms with van der Waals surface area (Å²) in [5, 5.41) is 0.835. The van der Waals surface area contributed by atoms with Crippen LogP contribution in [0.15, 0.2) is 23.0 Å². The number of pyridine rings is 1. The number of fused-ring (bicyclic) bond motifs is 1. The predicted molar refractivity (Wildman–Crippen MR) is 54.0 cm³/mol. The molecule has 72 valence electrons. The normalized spacial score (nSPS) is 10.8. The molecule has 0 aliphatic heterocycles. The molecule has 2 rings (SSSR count). The third kappa shape index (κ3) is 1.21. The molecule has 3 heteroatoms. The molecule has 2 aromatic rings. The highest BCUT2D eigenvalue weighted by atomic mass is 19.1. The summed E-state index contributed by atoms with van der Waals surface area (Å²) in [5.74, 6) is -0.347. The molecule has 0 aliphatic rings. The largest absolute Gasteiger partial charge is 0.326 e. The van der Waals surface area contributed by atoms with E-state index in [9.17, 15) is 9.18 Å². The van der Waals surface area contributed by atoms with Gasteiger partial charge < -0.3 is 4.98 Å². The maximum absolute atomic E-state index is 13.4. The number of aromatic nitrogens is 1. The van der Waals surface area contributed by atoms with Crippen LogP contribution >= 0.6 is 0 Å². The first kappa shape index (κ1) is 8.94. The van der Waals surface area contributed by atoms with Gasteiger partial charge in [-0.1, -0.05) is 6.07 Å². The Morgan fingerprint density at radius 3 is 2.71 bits per heavy atom. The zero-order valence-corrected chi connectivity index (χ0v) is 8.02. The molecule has 0 fully saturated rings. The predicted octanol–water partition coefficient (Wildman–Crippen LogP) is 2.28. The fourth-order valence-electron chi connectivity index (χ4n) is 1.64. The summed E-state index contributed by atoms with van der Waals surface area (Å²) in [4.78, 5) is 14.2. The number of halogens is 1. The van der Waals surface area contributed by atoms with Gasteiger partial charge in [0.1, 0.15) is 5.82 Å². The number of rotatable bonds is 0. The standard InChI is InChI=1S/C11H10FNO/c1-6-3-4-9(12)8-5-7(2)13-11(14)10(6)8/h3-5H,1-2H3,(H,13,14). The minimum absolute atomic E-state index is 0.225. The molecular formula is C11H10FNO. The molecule has 0 unspecified atom stereocenters. The number of H-pyrrole nitrogens is 1. The van der Waals surface area contributed by atoms with Crippen molar-refractivity contribution in [2.75, 3.05) is 0 Å². The van der Waals surface area contributed by atoms with Gasteiger partial charge in [-0.3, -0.25) is 4.79 Å². The summed E-state index contributed by atoms with van der Waals surface area (Å²) >= 11 is 0. The summed E-state index contributed by atoms with van der Waals surface area (Å²) in [5.41, 5.74) is 1.24. The average Bonchev–Trinajstić information content (AvgIpc) is 2.10. The number of hydrogen-bond donors (Lipinski definition) is 1. The van der Waals surface area contributed by atoms with Crippen LogP contribution in [-0.2, 0) is 0 Å². The highest BCUT2D eigenvalue weighted by Crippen LogP contribution is 2.18. The Morgan fingerprint density at radius 2 is 2.00 bits per heavy atom. The van der Waals surface area contributed by atoms with Crippen LogP contribution in [0.2, 0.25) is 0 Å². The van der Waals surface area contributed by atoms with Gasteiger partial charge in [0.15, 0.2) is 0 Å². The molecule has 0 amide bonds. The third-order valence-corrected chi connectivity index (χ3v) is 2.30. The molecule has 0 atom stereocenters. The Kier molecular flexibility index (Phi) is 1.88. The minimum atomic E-state index is -0.347. The van der Waals surface area contributed by atoms with Crippen LogP contribution in [0.3, 0.4) is 0 Å². The molecule has 0 saturated heterocycles. The van der Waals surface area contributed by atoms with Gasteiger partial charge in [0, 0.05) is 11.1 Å². The second-order valence-corrected chi connectivity index (χ2v) is 3.43. The zero-order chi connectivity index (χ0) is 10.3. The molecule has 1 N–H and O–H groups in total. The van der Waals surface area contributed by atoms with Crippen molar-refractivity contribution < 1.29 is 4.39 Å². The fourth-order valence-corrected chi connectivity index (χ4v) is 1.64. The van der Waals surface area contributed by atoms with Crippen molar-refractivity contribution in [3.63, 3.8) is 0 Å². The van der Waals surface area contributed by atoms with Gasteiger partial charge in [0.2, 0.25) is 0 Å². The van der Waals surface area contributed by atoms with Crippen LogP contribution in [0.5, 0.6) is 0 Å². The lowest BCUT2D eigenvalue weighted by Gasteiger charge is -2.03. The van der Waals surface area contributed by atoms with Crippen LogP contribution in [0.1, 0.15) is 11.3 Å². The number of benzene rings is 1. The lowest BCUT2D eigenvalue weighted by molar-refractivity contribution is 0.639. The first-order chi connectivity index (χ1) is 6.59. The maximum atomic E-state index is 13.4. The summed E-state index contributed by atoms with van der Waals surface area (Å²) < 4.78 is 13.4. The van der Waals surface area contributed by atoms with Crippen molar-refractivity contribution in [2.45, 2.75) is 13.8 Å². The van der Waals surface area contributed by atoms with E-state index in [1.54, 1.807) is 26.0 Å². The molecular weight excluding hydrogens is 181 g/mol. The Balaban J connectivity index is 3.08. The lowest BCUT2D eigenvalue weighted by atomic mass is 10.1. The molecule has 0 saturated carbocycles. The molecule has 0 radical (unpaired) electrons. The Hall–Kier alpha value is -1.64. The van der Waals surface area contributed by atoms with Crippen molar-refractivity contribution in [1.29, 1.82) is 0 Å². The van der Waals surface area contributed by atoms with Gasteiger partial charge in [-0.2, -0.15) is 0 Å². The van der Waals surface area contributed by atoms with Gasteiger partial charge in [-0.05, 0) is 31.5 Å². The van der Waals surface area contributed by atoms with Crippen molar-refractivity contribution in [3.8, 4) is 0 Å². The summed E-state index contributed by atoms with van der Waals surface area (Å²) in [6.45, 7) is 3.54. The van der Waals surface area contributed by atoms with Gasteiger partial charge in [-0.15, -0.1) is 0 Å². The van der Waals surface area contributed by atoms with Crippen LogP contribution in [0, 0.1) is 19.7 Å². The molecule has 14 heavy (non-hydrogen) atoms. The smallest absolute Gasteiger partial charge is 0.256 e. The summed E-state index contributed by atoms with van der Waals surface area (Å²) in [6, 6.07) is 4.65. The topological polar surface area (TPSA) is 32.9 Å². The molecule has 2 nitrogen and oxygen atoms in total. The molecule has 1 aromatic carbocycles. The van der Waals surface area contributed by atoms with Crippen LogP contribution in [-0.4, -0.2) is 4.98 Å². The van der Waals surface area contributed by atoms with E-state index in [-0.39, 0.29) is 11.4 Å². The van der Waals surface area contributed by atoms with Gasteiger partial charge >= 0.3 is 0 Å². The molecule has 0 spiro atoms. The number of hydrogen-bond acceptors (Lipinski definition) is 1. The zero-order valence-electron chi connectivity index (χ0n) is 8.02. The van der Waals surface area contributed by atoms with Gasteiger partial charge in [0.05, 0.1) is 5.39 Å². The Bertz CT molecular complexity index is 557. The van der Waals surface area contributed by atoms with Crippen molar-refractivity contribution in [3.05, 3.63) is 45.6 Å². The highest BCUT2D eigenvalue weighted by Gasteiger charge is 2.06. The van der Waals surface area contributed by atoms with Crippen LogP contribution in [0.4, 0.5) is 4.39 Å². The van der Waals surface area contributed by atoms with E-state index in [4.69, 9.17) is 0 Å². The average molecular weight is 191 g/mol. The van der Waals surface area contributed by atoms with Crippen molar-refractivity contribution >= 4 is 10.8 Å². The lowest BCUT2D eigenvalue weighted by Crippen LogP contribution is -2.09. The number of nitrogens with one attached hydrogen (secondary N) is 1. The number of aromatic amines is 1. The Labute approximate surface area is 80.4 Å². The van der Waals surface area contributed by atoms with E-state index < -0.39 is 0 Å². The van der Waals surface area contributed by atoms with Gasteiger partial charge in [0.25, 0.3) is 5.56 Å². The highest BCUT2D eigenvalue weighted by molar-refractivity contribution is 5.85. The van der Waals surface area contributed by atoms with E-state index in [0.717, 1.165) is 5.56 Å². The number of aryl methyl sites for hydroxylation is 2. The monoisotopic (exact) mass is 191 g/mol. The summed E-state index contributed by atoms with van der Waals surface area (Å²) in [6.07, 6.45) is 0. The third-order valence-electron chi connectivity index (χ3n) is 2.30. The molecule has 1 aromatic heterocycles. The Morgan fingerprint density at radius 1 is 1.29 bits per heavy atom. The van der Waals surface area contributed by atoms with Crippen molar-refractivity contribution in [1.82, 2.24) is 4.98 Å². The first-order valence-corrected chi connectivity index (χ1v) is 4.38. The van der Waals surface area contributed by atoms with Crippen molar-refractivity contribution in [2.24, 2.45) is 0 Å². The van der Waals surface area contributed by atoms with E-state index in [2.05, 4.69) is 4.98 Å². The molecule has 1 heterocycles. The van der Waals surface area contributed by atoms with Gasteiger partial charge in [-0.25, -0.2) is 4.39 Å². The fraction of sp³-hybridized carbons (Fsp3) is 0.182. The minimum Gasteiger partial charge on any atom is -0.326 e. The van der Waals surface area contributed by atoms with E-state index >= 15 is 0 Å². The quantitative estimate of drug-likeness (QED) is 0.680. The molecule has 0 bridgehead atoms. The SMILES string of the molecule is Cc1cc2c(F)ccc(C)c2c(=O)[nH]1. The van der Waals surface area contributed by atoms with E-state index in [1.807, 2.05) is 0 Å². The van der Waals surface area contributed by atoms with E-state index in [1.165, 1.54) is 6.07 Å². The molecule has 0 aliphatic carbocycles.